The lowest BCUT2D eigenvalue weighted by atomic mass is 10.2. The highest BCUT2D eigenvalue weighted by atomic mass is 35.5. The van der Waals surface area contributed by atoms with Crippen molar-refractivity contribution in [2.75, 3.05) is 18.2 Å². The number of hydrogen-bond donors (Lipinski definition) is 1. The molecule has 11 heteroatoms. The Morgan fingerprint density at radius 1 is 1.22 bits per heavy atom. The first-order chi connectivity index (χ1) is 12.8. The second kappa shape index (κ2) is 7.59. The molecule has 0 aliphatic carbocycles. The Bertz CT molecular complexity index is 1140. The number of benzene rings is 2. The molecule has 2 aromatic carbocycles. The van der Waals surface area contributed by atoms with Crippen molar-refractivity contribution in [3.05, 3.63) is 47.0 Å². The number of halogens is 1. The molecule has 0 aliphatic heterocycles. The smallest absolute Gasteiger partial charge is 0.338 e. The number of sulfone groups is 1. The van der Waals surface area contributed by atoms with Gasteiger partial charge in [-0.1, -0.05) is 17.7 Å². The van der Waals surface area contributed by atoms with Gasteiger partial charge in [-0.25, -0.2) is 13.2 Å². The Kier molecular flexibility index (Phi) is 5.40. The summed E-state index contributed by atoms with van der Waals surface area (Å²) in [5.74, 6) is -1.42. The number of rotatable bonds is 5. The molecule has 0 aliphatic rings. The van der Waals surface area contributed by atoms with E-state index in [1.165, 1.54) is 12.1 Å². The zero-order valence-electron chi connectivity index (χ0n) is 13.8. The van der Waals surface area contributed by atoms with E-state index in [9.17, 15) is 18.0 Å². The maximum Gasteiger partial charge on any atom is 0.338 e. The minimum absolute atomic E-state index is 0.00300. The highest BCUT2D eigenvalue weighted by Gasteiger charge is 2.18. The minimum Gasteiger partial charge on any atom is -0.452 e. The van der Waals surface area contributed by atoms with Gasteiger partial charge < -0.3 is 10.1 Å². The number of anilines is 1. The molecule has 0 spiro atoms. The first-order valence-corrected chi connectivity index (χ1v) is 10.4. The summed E-state index contributed by atoms with van der Waals surface area (Å²) in [7, 11) is -3.61. The monoisotopic (exact) mass is 425 g/mol. The predicted molar refractivity (Wildman–Crippen MR) is 101 cm³/mol. The summed E-state index contributed by atoms with van der Waals surface area (Å²) < 4.78 is 36.4. The average molecular weight is 426 g/mol. The number of amides is 1. The molecular formula is C16H12ClN3O5S2. The van der Waals surface area contributed by atoms with Gasteiger partial charge in [0, 0.05) is 6.26 Å². The minimum atomic E-state index is -3.61. The van der Waals surface area contributed by atoms with E-state index in [-0.39, 0.29) is 15.5 Å². The Morgan fingerprint density at radius 2 is 2.00 bits per heavy atom. The highest BCUT2D eigenvalue weighted by Crippen LogP contribution is 2.23. The Hall–Kier alpha value is -2.56. The molecule has 1 N–H and O–H groups in total. The predicted octanol–water partition coefficient (Wildman–Crippen LogP) is 2.54. The van der Waals surface area contributed by atoms with Crippen LogP contribution in [-0.4, -0.2) is 41.9 Å². The van der Waals surface area contributed by atoms with Crippen LogP contribution in [-0.2, 0) is 19.4 Å². The summed E-state index contributed by atoms with van der Waals surface area (Å²) in [4.78, 5) is 24.0. The molecule has 0 radical (unpaired) electrons. The van der Waals surface area contributed by atoms with Crippen molar-refractivity contribution in [2.45, 2.75) is 4.90 Å². The van der Waals surface area contributed by atoms with Crippen molar-refractivity contribution >= 4 is 61.8 Å². The summed E-state index contributed by atoms with van der Waals surface area (Å²) in [6.45, 7) is -0.552. The first-order valence-electron chi connectivity index (χ1n) is 7.43. The van der Waals surface area contributed by atoms with E-state index < -0.39 is 28.3 Å². The van der Waals surface area contributed by atoms with Crippen LogP contribution in [0.15, 0.2) is 41.3 Å². The number of carbonyl (C=O) groups excluding carboxylic acids is 2. The SMILES string of the molecule is CS(=O)(=O)c1cc(C(=O)OCC(=O)Nc2cccc3nsnc23)ccc1Cl. The number of aromatic nitrogens is 2. The van der Waals surface area contributed by atoms with Gasteiger partial charge in [-0.2, -0.15) is 8.75 Å². The van der Waals surface area contributed by atoms with Crippen LogP contribution < -0.4 is 5.32 Å². The summed E-state index contributed by atoms with van der Waals surface area (Å²) in [6.07, 6.45) is 0.977. The molecule has 27 heavy (non-hydrogen) atoms. The fourth-order valence-corrected chi connectivity index (χ4v) is 4.07. The molecule has 1 heterocycles. The topological polar surface area (TPSA) is 115 Å². The van der Waals surface area contributed by atoms with Crippen molar-refractivity contribution < 1.29 is 22.7 Å². The van der Waals surface area contributed by atoms with Crippen LogP contribution in [0.5, 0.6) is 0 Å². The van der Waals surface area contributed by atoms with Crippen molar-refractivity contribution in [3.63, 3.8) is 0 Å². The summed E-state index contributed by atoms with van der Waals surface area (Å²) in [6, 6.07) is 8.84. The molecular weight excluding hydrogens is 414 g/mol. The lowest BCUT2D eigenvalue weighted by Gasteiger charge is -2.08. The molecule has 1 amide bonds. The highest BCUT2D eigenvalue weighted by molar-refractivity contribution is 7.90. The van der Waals surface area contributed by atoms with Gasteiger partial charge in [-0.15, -0.1) is 0 Å². The van der Waals surface area contributed by atoms with Crippen LogP contribution in [0, 0.1) is 0 Å². The van der Waals surface area contributed by atoms with Gasteiger partial charge in [-0.05, 0) is 30.3 Å². The van der Waals surface area contributed by atoms with Crippen molar-refractivity contribution in [1.82, 2.24) is 8.75 Å². The Morgan fingerprint density at radius 3 is 2.74 bits per heavy atom. The van der Waals surface area contributed by atoms with Gasteiger partial charge in [0.1, 0.15) is 11.0 Å². The number of ether oxygens (including phenoxy) is 1. The summed E-state index contributed by atoms with van der Waals surface area (Å²) >= 11 is 6.85. The van der Waals surface area contributed by atoms with E-state index >= 15 is 0 Å². The molecule has 140 valence electrons. The Labute approximate surface area is 163 Å². The molecule has 3 rings (SSSR count). The Balaban J connectivity index is 1.67. The molecule has 3 aromatic rings. The molecule has 0 saturated heterocycles. The van der Waals surface area contributed by atoms with Gasteiger partial charge >= 0.3 is 5.97 Å². The molecule has 0 unspecified atom stereocenters. The number of nitrogens with zero attached hydrogens (tertiary/aromatic N) is 2. The molecule has 0 bridgehead atoms. The molecule has 1 aromatic heterocycles. The number of fused-ring (bicyclic) bond motifs is 1. The van der Waals surface area contributed by atoms with Gasteiger partial charge in [0.05, 0.1) is 32.9 Å². The van der Waals surface area contributed by atoms with Gasteiger partial charge in [0.2, 0.25) is 0 Å². The number of esters is 1. The van der Waals surface area contributed by atoms with Gasteiger partial charge in [0.25, 0.3) is 5.91 Å². The van der Waals surface area contributed by atoms with Crippen LogP contribution in [0.2, 0.25) is 5.02 Å². The lowest BCUT2D eigenvalue weighted by Crippen LogP contribution is -2.21. The third-order valence-electron chi connectivity index (χ3n) is 3.46. The van der Waals surface area contributed by atoms with E-state index in [0.717, 1.165) is 24.1 Å². The van der Waals surface area contributed by atoms with Crippen molar-refractivity contribution in [3.8, 4) is 0 Å². The second-order valence-corrected chi connectivity index (χ2v) is 8.40. The number of hydrogen-bond acceptors (Lipinski definition) is 8. The largest absolute Gasteiger partial charge is 0.452 e. The third-order valence-corrected chi connectivity index (χ3v) is 5.58. The quantitative estimate of drug-likeness (QED) is 0.624. The molecule has 0 fully saturated rings. The molecule has 0 atom stereocenters. The van der Waals surface area contributed by atoms with E-state index in [1.807, 2.05) is 0 Å². The fourth-order valence-electron chi connectivity index (χ4n) is 2.22. The summed E-state index contributed by atoms with van der Waals surface area (Å²) in [5.41, 5.74) is 1.61. The van der Waals surface area contributed by atoms with Crippen LogP contribution in [0.3, 0.4) is 0 Å². The lowest BCUT2D eigenvalue weighted by molar-refractivity contribution is -0.119. The third kappa shape index (κ3) is 4.41. The molecule has 0 saturated carbocycles. The maximum atomic E-state index is 12.1. The second-order valence-electron chi connectivity index (χ2n) is 5.48. The molecule has 8 nitrogen and oxygen atoms in total. The van der Waals surface area contributed by atoms with Gasteiger partial charge in [0.15, 0.2) is 16.4 Å². The first kappa shape index (κ1) is 19.2. The zero-order valence-corrected chi connectivity index (χ0v) is 16.2. The van der Waals surface area contributed by atoms with E-state index in [2.05, 4.69) is 14.1 Å². The standard InChI is InChI=1S/C16H12ClN3O5S2/c1-27(23,24)13-7-9(5-6-10(13)17)16(22)25-8-14(21)18-11-3-2-4-12-15(11)20-26-19-12/h2-7H,8H2,1H3,(H,18,21). The van der Waals surface area contributed by atoms with Crippen molar-refractivity contribution in [2.24, 2.45) is 0 Å². The zero-order chi connectivity index (χ0) is 19.6. The maximum absolute atomic E-state index is 12.1. The van der Waals surface area contributed by atoms with Crippen LogP contribution in [0.1, 0.15) is 10.4 Å². The van der Waals surface area contributed by atoms with Gasteiger partial charge in [-0.3, -0.25) is 4.79 Å². The van der Waals surface area contributed by atoms with E-state index in [4.69, 9.17) is 16.3 Å². The van der Waals surface area contributed by atoms with Crippen LogP contribution in [0.4, 0.5) is 5.69 Å². The van der Waals surface area contributed by atoms with Crippen LogP contribution >= 0.6 is 23.3 Å². The normalized spacial score (nSPS) is 11.3. The number of carbonyl (C=O) groups is 2. The number of nitrogens with one attached hydrogen (secondary N) is 1. The van der Waals surface area contributed by atoms with Crippen molar-refractivity contribution in [1.29, 1.82) is 0 Å². The van der Waals surface area contributed by atoms with Crippen LogP contribution in [0.25, 0.3) is 11.0 Å². The average Bonchev–Trinajstić information content (AvgIpc) is 3.09. The van der Waals surface area contributed by atoms with E-state index in [0.29, 0.717) is 16.7 Å². The summed E-state index contributed by atoms with van der Waals surface area (Å²) in [5, 5.41) is 2.59. The fraction of sp³-hybridized carbons (Fsp3) is 0.125. The van der Waals surface area contributed by atoms with E-state index in [1.54, 1.807) is 18.2 Å².